The fourth-order valence-electron chi connectivity index (χ4n) is 2.66. The summed E-state index contributed by atoms with van der Waals surface area (Å²) in [6, 6.07) is 7.93. The van der Waals surface area contributed by atoms with Crippen LogP contribution in [0.4, 0.5) is 9.93 Å². The van der Waals surface area contributed by atoms with E-state index in [1.54, 1.807) is 34.9 Å². The molecule has 1 aromatic heterocycles. The number of nitrogens with zero attached hydrogens (tertiary/aromatic N) is 3. The van der Waals surface area contributed by atoms with Gasteiger partial charge in [-0.3, -0.25) is 9.52 Å². The third-order valence-corrected chi connectivity index (χ3v) is 6.33. The number of rotatable bonds is 5. The van der Waals surface area contributed by atoms with Crippen molar-refractivity contribution >= 4 is 38.5 Å². The number of nitrogens with one attached hydrogen (secondary N) is 1. The Kier molecular flexibility index (Phi) is 6.15. The molecule has 1 fully saturated rings. The normalized spacial score (nSPS) is 14.6. The molecule has 0 saturated carbocycles. The molecule has 2 aromatic rings. The molecule has 1 saturated heterocycles. The van der Waals surface area contributed by atoms with Gasteiger partial charge in [0.15, 0.2) is 5.13 Å². The summed E-state index contributed by atoms with van der Waals surface area (Å²) >= 11 is 1.04. The molecule has 0 atom stereocenters. The molecular formula is C17H20N4O5S2. The molecule has 3 rings (SSSR count). The van der Waals surface area contributed by atoms with Crippen LogP contribution in [-0.4, -0.2) is 68.0 Å². The van der Waals surface area contributed by atoms with Crippen LogP contribution in [0.15, 0.2) is 40.6 Å². The Labute approximate surface area is 167 Å². The molecule has 150 valence electrons. The standard InChI is InChI=1S/C17H20N4O5S2/c1-2-26-17(23)21-10-8-20(9-11-21)15(22)14-12-27-16(18-14)19-28(24,25)13-6-4-3-5-7-13/h3-7,12H,2,8-11H2,1H3,(H,18,19). The van der Waals surface area contributed by atoms with E-state index in [1.165, 1.54) is 17.5 Å². The average molecular weight is 425 g/mol. The Hall–Kier alpha value is -2.66. The van der Waals surface area contributed by atoms with Gasteiger partial charge < -0.3 is 14.5 Å². The molecule has 0 radical (unpaired) electrons. The predicted octanol–water partition coefficient (Wildman–Crippen LogP) is 1.86. The van der Waals surface area contributed by atoms with Crippen molar-refractivity contribution in [2.24, 2.45) is 0 Å². The van der Waals surface area contributed by atoms with E-state index in [9.17, 15) is 18.0 Å². The number of hydrogen-bond donors (Lipinski definition) is 1. The molecule has 1 N–H and O–H groups in total. The topological polar surface area (TPSA) is 109 Å². The second-order valence-corrected chi connectivity index (χ2v) is 8.48. The molecule has 0 aliphatic carbocycles. The minimum atomic E-state index is -3.76. The second kappa shape index (κ2) is 8.57. The molecular weight excluding hydrogens is 404 g/mol. The minimum absolute atomic E-state index is 0.119. The van der Waals surface area contributed by atoms with Gasteiger partial charge in [0, 0.05) is 31.6 Å². The molecule has 28 heavy (non-hydrogen) atoms. The van der Waals surface area contributed by atoms with Gasteiger partial charge in [-0.05, 0) is 19.1 Å². The maximum absolute atomic E-state index is 12.6. The van der Waals surface area contributed by atoms with Crippen LogP contribution in [-0.2, 0) is 14.8 Å². The summed E-state index contributed by atoms with van der Waals surface area (Å²) < 4.78 is 32.0. The highest BCUT2D eigenvalue weighted by Crippen LogP contribution is 2.21. The number of amides is 2. The van der Waals surface area contributed by atoms with Crippen molar-refractivity contribution in [1.82, 2.24) is 14.8 Å². The molecule has 9 nitrogen and oxygen atoms in total. The lowest BCUT2D eigenvalue weighted by Crippen LogP contribution is -2.50. The van der Waals surface area contributed by atoms with Crippen molar-refractivity contribution < 1.29 is 22.7 Å². The molecule has 0 unspecified atom stereocenters. The maximum atomic E-state index is 12.6. The molecule has 1 aromatic carbocycles. The van der Waals surface area contributed by atoms with Crippen molar-refractivity contribution in [2.75, 3.05) is 37.5 Å². The number of carbonyl (C=O) groups is 2. The second-order valence-electron chi connectivity index (χ2n) is 5.93. The first kappa shape index (κ1) is 20.1. The third kappa shape index (κ3) is 4.60. The molecule has 1 aliphatic rings. The van der Waals surface area contributed by atoms with Gasteiger partial charge in [0.1, 0.15) is 5.69 Å². The number of piperazine rings is 1. The highest BCUT2D eigenvalue weighted by atomic mass is 32.2. The summed E-state index contributed by atoms with van der Waals surface area (Å²) in [5.41, 5.74) is 0.167. The van der Waals surface area contributed by atoms with Gasteiger partial charge >= 0.3 is 6.09 Å². The van der Waals surface area contributed by atoms with Gasteiger partial charge in [-0.25, -0.2) is 18.2 Å². The molecule has 2 amide bonds. The first-order valence-electron chi connectivity index (χ1n) is 8.65. The third-order valence-electron chi connectivity index (χ3n) is 4.09. The summed E-state index contributed by atoms with van der Waals surface area (Å²) in [7, 11) is -3.76. The largest absolute Gasteiger partial charge is 0.450 e. The van der Waals surface area contributed by atoms with Crippen LogP contribution in [0.5, 0.6) is 0 Å². The van der Waals surface area contributed by atoms with Gasteiger partial charge in [-0.1, -0.05) is 18.2 Å². The van der Waals surface area contributed by atoms with Crippen molar-refractivity contribution in [2.45, 2.75) is 11.8 Å². The van der Waals surface area contributed by atoms with Gasteiger partial charge in [-0.15, -0.1) is 11.3 Å². The fourth-order valence-corrected chi connectivity index (χ4v) is 4.62. The van der Waals surface area contributed by atoms with Gasteiger partial charge in [-0.2, -0.15) is 0 Å². The number of benzene rings is 1. The maximum Gasteiger partial charge on any atom is 0.409 e. The van der Waals surface area contributed by atoms with Gasteiger partial charge in [0.2, 0.25) is 0 Å². The Morgan fingerprint density at radius 1 is 1.14 bits per heavy atom. The van der Waals surface area contributed by atoms with Crippen LogP contribution in [0.1, 0.15) is 17.4 Å². The number of hydrogen-bond acceptors (Lipinski definition) is 7. The first-order valence-corrected chi connectivity index (χ1v) is 11.0. The van der Waals surface area contributed by atoms with Crippen LogP contribution in [0.3, 0.4) is 0 Å². The van der Waals surface area contributed by atoms with E-state index in [0.29, 0.717) is 32.8 Å². The SMILES string of the molecule is CCOC(=O)N1CCN(C(=O)c2csc(NS(=O)(=O)c3ccccc3)n2)CC1. The summed E-state index contributed by atoms with van der Waals surface area (Å²) in [6.07, 6.45) is -0.388. The lowest BCUT2D eigenvalue weighted by atomic mass is 10.3. The van der Waals surface area contributed by atoms with E-state index in [2.05, 4.69) is 9.71 Å². The Morgan fingerprint density at radius 2 is 1.79 bits per heavy atom. The van der Waals surface area contributed by atoms with Crippen molar-refractivity contribution in [3.63, 3.8) is 0 Å². The summed E-state index contributed by atoms with van der Waals surface area (Å²) in [5, 5.41) is 1.64. The molecule has 11 heteroatoms. The quantitative estimate of drug-likeness (QED) is 0.785. The average Bonchev–Trinajstić information content (AvgIpc) is 3.16. The molecule has 2 heterocycles. The number of sulfonamides is 1. The van der Waals surface area contributed by atoms with E-state index < -0.39 is 10.0 Å². The van der Waals surface area contributed by atoms with Crippen LogP contribution < -0.4 is 4.72 Å². The number of ether oxygens (including phenoxy) is 1. The zero-order valence-electron chi connectivity index (χ0n) is 15.2. The van der Waals surface area contributed by atoms with E-state index >= 15 is 0 Å². The summed E-state index contributed by atoms with van der Waals surface area (Å²) in [6.45, 7) is 3.52. The van der Waals surface area contributed by atoms with Crippen LogP contribution in [0.25, 0.3) is 0 Å². The van der Waals surface area contributed by atoms with Crippen LogP contribution in [0.2, 0.25) is 0 Å². The molecule has 0 spiro atoms. The lowest BCUT2D eigenvalue weighted by molar-refractivity contribution is 0.0566. The fraction of sp³-hybridized carbons (Fsp3) is 0.353. The predicted molar refractivity (Wildman–Crippen MR) is 104 cm³/mol. The lowest BCUT2D eigenvalue weighted by Gasteiger charge is -2.33. The Balaban J connectivity index is 1.61. The van der Waals surface area contributed by atoms with Gasteiger partial charge in [0.25, 0.3) is 15.9 Å². The minimum Gasteiger partial charge on any atom is -0.450 e. The monoisotopic (exact) mass is 424 g/mol. The van der Waals surface area contributed by atoms with Crippen molar-refractivity contribution in [1.29, 1.82) is 0 Å². The number of carbonyl (C=O) groups excluding carboxylic acids is 2. The highest BCUT2D eigenvalue weighted by molar-refractivity contribution is 7.93. The van der Waals surface area contributed by atoms with E-state index in [0.717, 1.165) is 11.3 Å². The van der Waals surface area contributed by atoms with Gasteiger partial charge in [0.05, 0.1) is 11.5 Å². The number of thiazole rings is 1. The molecule has 0 bridgehead atoms. The van der Waals surface area contributed by atoms with Crippen LogP contribution in [0, 0.1) is 0 Å². The van der Waals surface area contributed by atoms with E-state index in [4.69, 9.17) is 4.74 Å². The van der Waals surface area contributed by atoms with Crippen molar-refractivity contribution in [3.05, 3.63) is 41.4 Å². The first-order chi connectivity index (χ1) is 13.4. The summed E-state index contributed by atoms with van der Waals surface area (Å²) in [5.74, 6) is -0.301. The zero-order chi connectivity index (χ0) is 20.1. The Bertz CT molecular complexity index is 937. The smallest absolute Gasteiger partial charge is 0.409 e. The summed E-state index contributed by atoms with van der Waals surface area (Å²) in [4.78, 5) is 31.7. The number of anilines is 1. The van der Waals surface area contributed by atoms with Crippen LogP contribution >= 0.6 is 11.3 Å². The highest BCUT2D eigenvalue weighted by Gasteiger charge is 2.27. The zero-order valence-corrected chi connectivity index (χ0v) is 16.8. The number of aromatic nitrogens is 1. The Morgan fingerprint density at radius 3 is 2.43 bits per heavy atom. The van der Waals surface area contributed by atoms with E-state index in [1.807, 2.05) is 0 Å². The van der Waals surface area contributed by atoms with Crippen molar-refractivity contribution in [3.8, 4) is 0 Å². The molecule has 1 aliphatic heterocycles. The van der Waals surface area contributed by atoms with E-state index in [-0.39, 0.29) is 27.7 Å².